The zero-order chi connectivity index (χ0) is 19.6. The predicted octanol–water partition coefficient (Wildman–Crippen LogP) is 4.09. The summed E-state index contributed by atoms with van der Waals surface area (Å²) in [5, 5.41) is 0. The molecule has 1 aliphatic rings. The van der Waals surface area contributed by atoms with Crippen molar-refractivity contribution < 1.29 is 18.3 Å². The Balaban J connectivity index is 1.73. The summed E-state index contributed by atoms with van der Waals surface area (Å²) in [6.07, 6.45) is 6.30. The van der Waals surface area contributed by atoms with Crippen LogP contribution in [0.15, 0.2) is 48.1 Å². The van der Waals surface area contributed by atoms with Gasteiger partial charge in [-0.1, -0.05) is 0 Å². The Bertz CT molecular complexity index is 954. The molecular weight excluding hydrogens is 352 g/mol. The normalized spacial score (nSPS) is 13.9. The van der Waals surface area contributed by atoms with E-state index in [-0.39, 0.29) is 18.1 Å². The van der Waals surface area contributed by atoms with Crippen LogP contribution in [0.5, 0.6) is 0 Å². The van der Waals surface area contributed by atoms with Crippen molar-refractivity contribution in [3.63, 3.8) is 0 Å². The van der Waals surface area contributed by atoms with Crippen LogP contribution in [-0.4, -0.2) is 22.3 Å². The number of anilines is 1. The SMILES string of the molecule is CC(=O)c1cc(N2CC=C(OCc3ncc(F)cc3F)C=C2C)c(C)cn1. The standard InChI is InChI=1S/C20H19F2N3O2/c1-12-9-23-18(14(3)26)8-20(12)25-5-4-16(6-13(25)2)27-11-19-17(22)7-15(21)10-24-19/h4,6-10H,5,11H2,1-3H3. The summed E-state index contributed by atoms with van der Waals surface area (Å²) in [5.74, 6) is -0.980. The number of hydrogen-bond donors (Lipinski definition) is 0. The lowest BCUT2D eigenvalue weighted by molar-refractivity contribution is 0.101. The van der Waals surface area contributed by atoms with Crippen molar-refractivity contribution in [2.75, 3.05) is 11.4 Å². The average Bonchev–Trinajstić information content (AvgIpc) is 2.61. The molecule has 5 nitrogen and oxygen atoms in total. The zero-order valence-electron chi connectivity index (χ0n) is 15.3. The van der Waals surface area contributed by atoms with Gasteiger partial charge in [0, 0.05) is 37.1 Å². The lowest BCUT2D eigenvalue weighted by atomic mass is 10.1. The number of aryl methyl sites for hydroxylation is 1. The number of halogens is 2. The molecule has 0 amide bonds. The van der Waals surface area contributed by atoms with Crippen molar-refractivity contribution in [1.82, 2.24) is 9.97 Å². The van der Waals surface area contributed by atoms with Crippen LogP contribution in [-0.2, 0) is 11.3 Å². The van der Waals surface area contributed by atoms with Gasteiger partial charge in [0.2, 0.25) is 0 Å². The highest BCUT2D eigenvalue weighted by atomic mass is 19.1. The molecule has 3 rings (SSSR count). The highest BCUT2D eigenvalue weighted by Crippen LogP contribution is 2.27. The van der Waals surface area contributed by atoms with Crippen LogP contribution in [0, 0.1) is 18.6 Å². The van der Waals surface area contributed by atoms with Gasteiger partial charge in [-0.2, -0.15) is 0 Å². The molecule has 0 spiro atoms. The van der Waals surface area contributed by atoms with E-state index in [9.17, 15) is 13.6 Å². The molecule has 0 unspecified atom stereocenters. The number of allylic oxidation sites excluding steroid dienone is 2. The Morgan fingerprint density at radius 3 is 2.67 bits per heavy atom. The third-order valence-corrected chi connectivity index (χ3v) is 4.24. The summed E-state index contributed by atoms with van der Waals surface area (Å²) in [6.45, 7) is 5.76. The van der Waals surface area contributed by atoms with Crippen molar-refractivity contribution in [3.8, 4) is 0 Å². The number of aromatic nitrogens is 2. The van der Waals surface area contributed by atoms with Crippen LogP contribution in [0.1, 0.15) is 35.6 Å². The Kier molecular flexibility index (Phi) is 5.30. The summed E-state index contributed by atoms with van der Waals surface area (Å²) in [5.41, 5.74) is 3.20. The molecule has 0 fully saturated rings. The molecule has 0 atom stereocenters. The number of nitrogens with zero attached hydrogens (tertiary/aromatic N) is 3. The smallest absolute Gasteiger partial charge is 0.178 e. The van der Waals surface area contributed by atoms with Gasteiger partial charge in [0.05, 0.1) is 6.20 Å². The summed E-state index contributed by atoms with van der Waals surface area (Å²) in [4.78, 5) is 21.5. The van der Waals surface area contributed by atoms with E-state index in [0.717, 1.165) is 29.2 Å². The topological polar surface area (TPSA) is 55.3 Å². The number of carbonyl (C=O) groups excluding carboxylic acids is 1. The fourth-order valence-electron chi connectivity index (χ4n) is 2.75. The molecule has 0 N–H and O–H groups in total. The first-order valence-electron chi connectivity index (χ1n) is 8.41. The molecule has 3 heterocycles. The molecule has 0 radical (unpaired) electrons. The second kappa shape index (κ2) is 7.65. The molecule has 27 heavy (non-hydrogen) atoms. The van der Waals surface area contributed by atoms with Crippen molar-refractivity contribution >= 4 is 11.5 Å². The number of ether oxygens (including phenoxy) is 1. The number of carbonyl (C=O) groups is 1. The zero-order valence-corrected chi connectivity index (χ0v) is 15.3. The van der Waals surface area contributed by atoms with Gasteiger partial charge in [-0.05, 0) is 37.6 Å². The number of rotatable bonds is 5. The van der Waals surface area contributed by atoms with Gasteiger partial charge in [-0.25, -0.2) is 8.78 Å². The van der Waals surface area contributed by atoms with E-state index < -0.39 is 11.6 Å². The Morgan fingerprint density at radius 2 is 2.00 bits per heavy atom. The average molecular weight is 371 g/mol. The van der Waals surface area contributed by atoms with E-state index in [1.165, 1.54) is 6.92 Å². The molecule has 0 bridgehead atoms. The number of hydrogen-bond acceptors (Lipinski definition) is 5. The number of ketones is 1. The molecule has 0 aromatic carbocycles. The monoisotopic (exact) mass is 371 g/mol. The number of Topliss-reactive ketones (excluding diaryl/α,β-unsaturated/α-hetero) is 1. The maximum absolute atomic E-state index is 13.7. The molecule has 2 aromatic rings. The van der Waals surface area contributed by atoms with E-state index in [4.69, 9.17) is 4.74 Å². The van der Waals surface area contributed by atoms with Crippen LogP contribution in [0.2, 0.25) is 0 Å². The summed E-state index contributed by atoms with van der Waals surface area (Å²) < 4.78 is 32.2. The molecule has 0 saturated heterocycles. The van der Waals surface area contributed by atoms with Gasteiger partial charge in [-0.3, -0.25) is 14.8 Å². The van der Waals surface area contributed by atoms with Gasteiger partial charge in [-0.15, -0.1) is 0 Å². The third-order valence-electron chi connectivity index (χ3n) is 4.24. The fraction of sp³-hybridized carbons (Fsp3) is 0.250. The van der Waals surface area contributed by atoms with Crippen molar-refractivity contribution in [2.24, 2.45) is 0 Å². The minimum atomic E-state index is -0.738. The predicted molar refractivity (Wildman–Crippen MR) is 97.1 cm³/mol. The quantitative estimate of drug-likeness (QED) is 0.741. The first kappa shape index (κ1) is 18.7. The maximum Gasteiger partial charge on any atom is 0.178 e. The van der Waals surface area contributed by atoms with Crippen molar-refractivity contribution in [2.45, 2.75) is 27.4 Å². The largest absolute Gasteiger partial charge is 0.487 e. The van der Waals surface area contributed by atoms with Gasteiger partial charge in [0.25, 0.3) is 0 Å². The van der Waals surface area contributed by atoms with Crippen molar-refractivity contribution in [3.05, 3.63) is 76.7 Å². The molecule has 1 aliphatic heterocycles. The van der Waals surface area contributed by atoms with E-state index in [2.05, 4.69) is 9.97 Å². The lowest BCUT2D eigenvalue weighted by Crippen LogP contribution is -2.25. The molecule has 140 valence electrons. The minimum absolute atomic E-state index is 0.0434. The van der Waals surface area contributed by atoms with Gasteiger partial charge >= 0.3 is 0 Å². The fourth-order valence-corrected chi connectivity index (χ4v) is 2.75. The highest BCUT2D eigenvalue weighted by molar-refractivity contribution is 5.93. The van der Waals surface area contributed by atoms with Gasteiger partial charge in [0.15, 0.2) is 11.6 Å². The maximum atomic E-state index is 13.7. The van der Waals surface area contributed by atoms with Crippen LogP contribution in [0.25, 0.3) is 0 Å². The second-order valence-corrected chi connectivity index (χ2v) is 6.29. The Labute approximate surface area is 156 Å². The van der Waals surface area contributed by atoms with E-state index in [0.29, 0.717) is 18.0 Å². The van der Waals surface area contributed by atoms with E-state index in [1.807, 2.05) is 30.9 Å². The minimum Gasteiger partial charge on any atom is -0.487 e. The molecule has 0 saturated carbocycles. The second-order valence-electron chi connectivity index (χ2n) is 6.29. The van der Waals surface area contributed by atoms with Crippen LogP contribution >= 0.6 is 0 Å². The van der Waals surface area contributed by atoms with Crippen LogP contribution < -0.4 is 4.90 Å². The molecule has 2 aromatic heterocycles. The van der Waals surface area contributed by atoms with E-state index in [1.54, 1.807) is 12.3 Å². The molecular formula is C20H19F2N3O2. The molecule has 0 aliphatic carbocycles. The Hall–Kier alpha value is -3.09. The van der Waals surface area contributed by atoms with Crippen LogP contribution in [0.4, 0.5) is 14.5 Å². The molecule has 7 heteroatoms. The van der Waals surface area contributed by atoms with Gasteiger partial charge < -0.3 is 9.64 Å². The lowest BCUT2D eigenvalue weighted by Gasteiger charge is -2.29. The van der Waals surface area contributed by atoms with Crippen molar-refractivity contribution in [1.29, 1.82) is 0 Å². The first-order valence-corrected chi connectivity index (χ1v) is 8.41. The number of pyridine rings is 2. The summed E-state index contributed by atoms with van der Waals surface area (Å²) >= 11 is 0. The Morgan fingerprint density at radius 1 is 1.22 bits per heavy atom. The highest BCUT2D eigenvalue weighted by Gasteiger charge is 2.17. The first-order chi connectivity index (χ1) is 12.8. The summed E-state index contributed by atoms with van der Waals surface area (Å²) in [6, 6.07) is 2.55. The van der Waals surface area contributed by atoms with Gasteiger partial charge in [0.1, 0.15) is 29.6 Å². The van der Waals surface area contributed by atoms with Crippen LogP contribution in [0.3, 0.4) is 0 Å². The van der Waals surface area contributed by atoms with E-state index >= 15 is 0 Å². The third kappa shape index (κ3) is 4.19. The summed E-state index contributed by atoms with van der Waals surface area (Å²) in [7, 11) is 0.